The van der Waals surface area contributed by atoms with Gasteiger partial charge in [0.25, 0.3) is 10.9 Å². The van der Waals surface area contributed by atoms with Gasteiger partial charge in [0.1, 0.15) is 17.1 Å². The van der Waals surface area contributed by atoms with Crippen molar-refractivity contribution in [3.63, 3.8) is 0 Å². The highest BCUT2D eigenvalue weighted by Crippen LogP contribution is 2.20. The second kappa shape index (κ2) is 9.91. The monoisotopic (exact) mass is 427 g/mol. The number of likely N-dealkylation sites (N-methyl/N-ethyl adjacent to an activating group) is 1. The smallest absolute Gasteiger partial charge is 0.253 e. The summed E-state index contributed by atoms with van der Waals surface area (Å²) in [6.45, 7) is 2.61. The van der Waals surface area contributed by atoms with Gasteiger partial charge in [-0.1, -0.05) is 19.1 Å². The summed E-state index contributed by atoms with van der Waals surface area (Å²) in [5.41, 5.74) is 2.23. The summed E-state index contributed by atoms with van der Waals surface area (Å²) in [4.78, 5) is 26.5. The number of rotatable bonds is 11. The summed E-state index contributed by atoms with van der Waals surface area (Å²) in [6.07, 6.45) is 2.43. The number of phenols is 1. The molecule has 0 unspecified atom stereocenters. The van der Waals surface area contributed by atoms with Crippen LogP contribution in [0.4, 0.5) is 11.4 Å². The zero-order valence-corrected chi connectivity index (χ0v) is 18.5. The van der Waals surface area contributed by atoms with E-state index in [1.54, 1.807) is 23.5 Å². The molecule has 0 fully saturated rings. The molecule has 0 saturated heterocycles. The Bertz CT molecular complexity index is 1010. The highest BCUT2D eigenvalue weighted by atomic mass is 32.1. The van der Waals surface area contributed by atoms with E-state index in [-0.39, 0.29) is 17.8 Å². The number of hydrogen-bond acceptors (Lipinski definition) is 7. The summed E-state index contributed by atoms with van der Waals surface area (Å²) < 4.78 is 0. The van der Waals surface area contributed by atoms with E-state index in [9.17, 15) is 14.7 Å². The van der Waals surface area contributed by atoms with Gasteiger partial charge in [0.2, 0.25) is 0 Å². The number of nitrogens with zero attached hydrogens (tertiary/aromatic N) is 1. The van der Waals surface area contributed by atoms with Gasteiger partial charge in [0.05, 0.1) is 0 Å². The molecule has 2 atom stereocenters. The van der Waals surface area contributed by atoms with Crippen LogP contribution < -0.4 is 21.5 Å². The largest absolute Gasteiger partial charge is 0.508 e. The summed E-state index contributed by atoms with van der Waals surface area (Å²) in [5.74, 6) is 0.241. The van der Waals surface area contributed by atoms with Gasteiger partial charge < -0.3 is 20.6 Å². The van der Waals surface area contributed by atoms with Gasteiger partial charge in [-0.2, -0.15) is 11.3 Å². The van der Waals surface area contributed by atoms with Crippen molar-refractivity contribution in [2.24, 2.45) is 0 Å². The van der Waals surface area contributed by atoms with Crippen LogP contribution in [0.3, 0.4) is 0 Å². The molecule has 3 aromatic rings. The van der Waals surface area contributed by atoms with Crippen LogP contribution in [-0.4, -0.2) is 42.7 Å². The average molecular weight is 428 g/mol. The molecule has 0 aliphatic rings. The van der Waals surface area contributed by atoms with Crippen molar-refractivity contribution in [3.8, 4) is 5.75 Å². The summed E-state index contributed by atoms with van der Waals surface area (Å²) in [6, 6.07) is 9.45. The van der Waals surface area contributed by atoms with Gasteiger partial charge in [0.15, 0.2) is 0 Å². The lowest BCUT2D eigenvalue weighted by Crippen LogP contribution is -2.43. The minimum absolute atomic E-state index is 0.102. The van der Waals surface area contributed by atoms with E-state index in [2.05, 4.69) is 33.9 Å². The Morgan fingerprint density at radius 2 is 1.70 bits per heavy atom. The molecule has 3 N–H and O–H groups in total. The molecule has 0 saturated carbocycles. The Hall–Kier alpha value is -2.64. The minimum Gasteiger partial charge on any atom is -0.508 e. The predicted molar refractivity (Wildman–Crippen MR) is 125 cm³/mol. The zero-order valence-electron chi connectivity index (χ0n) is 17.6. The zero-order chi connectivity index (χ0) is 21.7. The first-order valence-corrected chi connectivity index (χ1v) is 11.1. The fourth-order valence-corrected chi connectivity index (χ4v) is 4.14. The first-order valence-electron chi connectivity index (χ1n) is 10.2. The topological polar surface area (TPSA) is 81.7 Å². The quantitative estimate of drug-likeness (QED) is 0.408. The Morgan fingerprint density at radius 1 is 1.00 bits per heavy atom. The highest BCUT2D eigenvalue weighted by molar-refractivity contribution is 7.07. The number of thiophene rings is 1. The standard InChI is InChI=1S/C23H29N3O3S/c1-4-17(11-16-9-10-30-14-16)25-21-20(22(28)23(21)29)24-13-18(26(2)3)12-15-5-7-19(27)8-6-15/h5-10,14,17-18,24-25,27H,4,11-13H2,1-3H3/t17-,18-/m0/s1. The lowest BCUT2D eigenvalue weighted by Gasteiger charge is -2.27. The van der Waals surface area contributed by atoms with E-state index < -0.39 is 10.9 Å². The third-order valence-electron chi connectivity index (χ3n) is 5.47. The number of aromatic hydroxyl groups is 1. The van der Waals surface area contributed by atoms with Crippen LogP contribution in [0.25, 0.3) is 0 Å². The third kappa shape index (κ3) is 5.29. The van der Waals surface area contributed by atoms with Crippen molar-refractivity contribution < 1.29 is 5.11 Å². The molecule has 1 heterocycles. The molecular weight excluding hydrogens is 398 g/mol. The number of anilines is 2. The predicted octanol–water partition coefficient (Wildman–Crippen LogP) is 3.07. The number of phenolic OH excluding ortho intramolecular Hbond substituents is 1. The molecule has 0 bridgehead atoms. The maximum atomic E-state index is 12.2. The fourth-order valence-electron chi connectivity index (χ4n) is 3.45. The van der Waals surface area contributed by atoms with Crippen LogP contribution >= 0.6 is 11.3 Å². The normalized spacial score (nSPS) is 13.5. The Kier molecular flexibility index (Phi) is 7.29. The SMILES string of the molecule is CC[C@@H](Cc1ccsc1)Nc1c(NC[C@H](Cc2ccc(O)cc2)N(C)C)c(=O)c1=O. The maximum absolute atomic E-state index is 12.2. The van der Waals surface area contributed by atoms with Gasteiger partial charge >= 0.3 is 0 Å². The van der Waals surface area contributed by atoms with Crippen LogP contribution in [0.1, 0.15) is 24.5 Å². The van der Waals surface area contributed by atoms with Crippen LogP contribution in [0, 0.1) is 0 Å². The molecule has 0 amide bonds. The Labute approximate surface area is 180 Å². The molecule has 2 aromatic carbocycles. The molecule has 0 aliphatic carbocycles. The first kappa shape index (κ1) is 22.1. The van der Waals surface area contributed by atoms with Crippen molar-refractivity contribution in [3.05, 3.63) is 72.7 Å². The lowest BCUT2D eigenvalue weighted by molar-refractivity contribution is 0.303. The van der Waals surface area contributed by atoms with Crippen LogP contribution in [0.15, 0.2) is 50.7 Å². The van der Waals surface area contributed by atoms with Crippen LogP contribution in [-0.2, 0) is 12.8 Å². The highest BCUT2D eigenvalue weighted by Gasteiger charge is 2.24. The van der Waals surface area contributed by atoms with Gasteiger partial charge in [-0.25, -0.2) is 0 Å². The van der Waals surface area contributed by atoms with Gasteiger partial charge in [-0.15, -0.1) is 0 Å². The first-order chi connectivity index (χ1) is 14.4. The van der Waals surface area contributed by atoms with E-state index in [0.29, 0.717) is 17.9 Å². The number of nitrogens with one attached hydrogen (secondary N) is 2. The second-order valence-corrected chi connectivity index (χ2v) is 8.64. The molecule has 6 nitrogen and oxygen atoms in total. The summed E-state index contributed by atoms with van der Waals surface area (Å²) in [5, 5.41) is 20.1. The molecule has 0 aliphatic heterocycles. The third-order valence-corrected chi connectivity index (χ3v) is 6.20. The van der Waals surface area contributed by atoms with E-state index in [1.165, 1.54) is 5.56 Å². The van der Waals surface area contributed by atoms with Gasteiger partial charge in [-0.05, 0) is 73.4 Å². The lowest BCUT2D eigenvalue weighted by atomic mass is 10.0. The molecule has 0 spiro atoms. The van der Waals surface area contributed by atoms with E-state index in [1.807, 2.05) is 31.6 Å². The molecule has 30 heavy (non-hydrogen) atoms. The Morgan fingerprint density at radius 3 is 2.30 bits per heavy atom. The van der Waals surface area contributed by atoms with Crippen molar-refractivity contribution in [2.75, 3.05) is 31.3 Å². The van der Waals surface area contributed by atoms with Gasteiger partial charge in [0, 0.05) is 18.6 Å². The fraction of sp³-hybridized carbons (Fsp3) is 0.391. The second-order valence-electron chi connectivity index (χ2n) is 7.86. The van der Waals surface area contributed by atoms with E-state index >= 15 is 0 Å². The average Bonchev–Trinajstić information content (AvgIpc) is 3.25. The molecule has 1 aromatic heterocycles. The molecule has 7 heteroatoms. The molecule has 0 radical (unpaired) electrons. The molecule has 160 valence electrons. The molecule has 3 rings (SSSR count). The maximum Gasteiger partial charge on any atom is 0.253 e. The summed E-state index contributed by atoms with van der Waals surface area (Å²) >= 11 is 1.66. The van der Waals surface area contributed by atoms with E-state index in [4.69, 9.17) is 0 Å². The van der Waals surface area contributed by atoms with Crippen molar-refractivity contribution in [2.45, 2.75) is 38.3 Å². The van der Waals surface area contributed by atoms with Crippen LogP contribution in [0.5, 0.6) is 5.75 Å². The van der Waals surface area contributed by atoms with E-state index in [0.717, 1.165) is 24.8 Å². The van der Waals surface area contributed by atoms with Crippen LogP contribution in [0.2, 0.25) is 0 Å². The van der Waals surface area contributed by atoms with Gasteiger partial charge in [-0.3, -0.25) is 9.59 Å². The van der Waals surface area contributed by atoms with Crippen molar-refractivity contribution in [1.29, 1.82) is 0 Å². The summed E-state index contributed by atoms with van der Waals surface area (Å²) in [7, 11) is 3.98. The van der Waals surface area contributed by atoms with Crippen molar-refractivity contribution in [1.82, 2.24) is 4.90 Å². The molecular formula is C23H29N3O3S. The number of hydrogen-bond donors (Lipinski definition) is 3. The Balaban J connectivity index is 1.65. The minimum atomic E-state index is -0.454. The number of benzene rings is 1. The van der Waals surface area contributed by atoms with Crippen molar-refractivity contribution >= 4 is 22.7 Å².